The smallest absolute Gasteiger partial charge is 0.226 e. The van der Waals surface area contributed by atoms with Gasteiger partial charge in [0.25, 0.3) is 0 Å². The topological polar surface area (TPSA) is 61.2 Å². The van der Waals surface area contributed by atoms with Gasteiger partial charge in [0.1, 0.15) is 30.0 Å². The summed E-state index contributed by atoms with van der Waals surface area (Å²) in [5.74, 6) is 2.31. The highest BCUT2D eigenvalue weighted by molar-refractivity contribution is 6.30. The number of nitrogens with one attached hydrogen (secondary N) is 1. The molecule has 0 bridgehead atoms. The summed E-state index contributed by atoms with van der Waals surface area (Å²) in [7, 11) is 1.66. The molecule has 6 nitrogen and oxygen atoms in total. The maximum Gasteiger partial charge on any atom is 0.226 e. The molecule has 0 saturated carbocycles. The Hall–Kier alpha value is -3.77. The van der Waals surface area contributed by atoms with Gasteiger partial charge in [-0.1, -0.05) is 48.0 Å². The van der Waals surface area contributed by atoms with Gasteiger partial charge in [-0.05, 0) is 47.5 Å². The van der Waals surface area contributed by atoms with E-state index in [0.29, 0.717) is 11.0 Å². The van der Waals surface area contributed by atoms with Crippen LogP contribution in [0.4, 0.5) is 5.95 Å². The Balaban J connectivity index is 1.60. The number of para-hydroxylation sites is 1. The Kier molecular flexibility index (Phi) is 4.40. The number of benzene rings is 3. The van der Waals surface area contributed by atoms with Crippen molar-refractivity contribution in [2.45, 2.75) is 12.1 Å². The van der Waals surface area contributed by atoms with Gasteiger partial charge in [-0.2, -0.15) is 10.1 Å². The van der Waals surface area contributed by atoms with E-state index in [2.05, 4.69) is 21.5 Å². The molecule has 3 aromatic carbocycles. The van der Waals surface area contributed by atoms with Gasteiger partial charge in [0.15, 0.2) is 0 Å². The summed E-state index contributed by atoms with van der Waals surface area (Å²) in [5, 5.41) is 8.73. The molecule has 0 radical (unpaired) electrons. The van der Waals surface area contributed by atoms with E-state index in [0.717, 1.165) is 39.5 Å². The van der Waals surface area contributed by atoms with Crippen molar-refractivity contribution >= 4 is 23.2 Å². The molecule has 2 aliphatic heterocycles. The van der Waals surface area contributed by atoms with Crippen LogP contribution in [0.25, 0.3) is 5.70 Å². The third-order valence-electron chi connectivity index (χ3n) is 5.93. The molecule has 0 spiro atoms. The van der Waals surface area contributed by atoms with E-state index in [4.69, 9.17) is 21.1 Å². The first kappa shape index (κ1) is 19.0. The zero-order valence-corrected chi connectivity index (χ0v) is 18.0. The number of anilines is 1. The van der Waals surface area contributed by atoms with Crippen molar-refractivity contribution in [1.29, 1.82) is 0 Å². The van der Waals surface area contributed by atoms with Crippen LogP contribution in [-0.4, -0.2) is 21.9 Å². The summed E-state index contributed by atoms with van der Waals surface area (Å²) in [6, 6.07) is 23.7. The van der Waals surface area contributed by atoms with Crippen molar-refractivity contribution in [3.05, 3.63) is 106 Å². The van der Waals surface area contributed by atoms with Gasteiger partial charge in [-0.25, -0.2) is 4.68 Å². The van der Waals surface area contributed by atoms with E-state index in [1.54, 1.807) is 13.4 Å². The quantitative estimate of drug-likeness (QED) is 0.454. The molecule has 1 aromatic heterocycles. The highest BCUT2D eigenvalue weighted by Gasteiger charge is 2.40. The van der Waals surface area contributed by atoms with Gasteiger partial charge in [0, 0.05) is 16.2 Å². The van der Waals surface area contributed by atoms with E-state index in [1.165, 1.54) is 0 Å². The Labute approximate surface area is 190 Å². The molecule has 7 heteroatoms. The summed E-state index contributed by atoms with van der Waals surface area (Å²) >= 11 is 6.19. The summed E-state index contributed by atoms with van der Waals surface area (Å²) < 4.78 is 13.9. The Morgan fingerprint density at radius 2 is 1.72 bits per heavy atom. The molecule has 0 aliphatic carbocycles. The molecule has 2 atom stereocenters. The van der Waals surface area contributed by atoms with Crippen LogP contribution in [0, 0.1) is 0 Å². The fourth-order valence-electron chi connectivity index (χ4n) is 4.44. The van der Waals surface area contributed by atoms with Gasteiger partial charge in [0.05, 0.1) is 12.8 Å². The third-order valence-corrected chi connectivity index (χ3v) is 6.18. The molecular formula is C25H19ClN4O2. The second-order valence-electron chi connectivity index (χ2n) is 7.70. The van der Waals surface area contributed by atoms with Gasteiger partial charge in [-0.15, -0.1) is 0 Å². The summed E-state index contributed by atoms with van der Waals surface area (Å²) in [4.78, 5) is 4.46. The largest absolute Gasteiger partial charge is 0.497 e. The molecule has 3 heterocycles. The summed E-state index contributed by atoms with van der Waals surface area (Å²) in [6.45, 7) is 0. The first-order chi connectivity index (χ1) is 15.7. The number of rotatable bonds is 3. The zero-order chi connectivity index (χ0) is 21.7. The minimum Gasteiger partial charge on any atom is -0.497 e. The molecule has 4 aromatic rings. The lowest BCUT2D eigenvalue weighted by molar-refractivity contribution is 0.223. The van der Waals surface area contributed by atoms with Crippen LogP contribution in [0.2, 0.25) is 5.02 Å². The molecular weight excluding hydrogens is 424 g/mol. The number of aromatic nitrogens is 3. The highest BCUT2D eigenvalue weighted by Crippen LogP contribution is 2.50. The lowest BCUT2D eigenvalue weighted by Crippen LogP contribution is -2.32. The van der Waals surface area contributed by atoms with Crippen LogP contribution in [-0.2, 0) is 0 Å². The third kappa shape index (κ3) is 2.95. The molecule has 2 aliphatic rings. The number of methoxy groups -OCH3 is 1. The van der Waals surface area contributed by atoms with Crippen molar-refractivity contribution in [2.75, 3.05) is 12.4 Å². The average molecular weight is 443 g/mol. The molecule has 0 amide bonds. The van der Waals surface area contributed by atoms with Crippen LogP contribution in [0.1, 0.15) is 28.8 Å². The average Bonchev–Trinajstić information content (AvgIpc) is 3.31. The Bertz CT molecular complexity index is 1330. The molecule has 158 valence electrons. The van der Waals surface area contributed by atoms with Gasteiger partial charge < -0.3 is 14.8 Å². The maximum absolute atomic E-state index is 6.60. The monoisotopic (exact) mass is 442 g/mol. The predicted molar refractivity (Wildman–Crippen MR) is 123 cm³/mol. The molecule has 1 N–H and O–H groups in total. The van der Waals surface area contributed by atoms with E-state index < -0.39 is 0 Å². The lowest BCUT2D eigenvalue weighted by Gasteiger charge is -2.39. The normalized spacial score (nSPS) is 18.7. The zero-order valence-electron chi connectivity index (χ0n) is 17.2. The van der Waals surface area contributed by atoms with Crippen molar-refractivity contribution in [1.82, 2.24) is 14.8 Å². The van der Waals surface area contributed by atoms with E-state index in [9.17, 15) is 0 Å². The van der Waals surface area contributed by atoms with Crippen LogP contribution >= 0.6 is 11.6 Å². The van der Waals surface area contributed by atoms with Crippen LogP contribution in [0.15, 0.2) is 84.7 Å². The van der Waals surface area contributed by atoms with E-state index in [-0.39, 0.29) is 12.1 Å². The van der Waals surface area contributed by atoms with E-state index in [1.807, 2.05) is 71.4 Å². The predicted octanol–water partition coefficient (Wildman–Crippen LogP) is 5.50. The SMILES string of the molecule is COc1ccc([C@H]2Oc3ccccc3C3=C2[C@@H](c2ccc(Cl)cc2)n2ncnc2N3)cc1. The second-order valence-corrected chi connectivity index (χ2v) is 8.14. The van der Waals surface area contributed by atoms with Crippen LogP contribution in [0.5, 0.6) is 11.5 Å². The minimum absolute atomic E-state index is 0.207. The fourth-order valence-corrected chi connectivity index (χ4v) is 4.56. The second kappa shape index (κ2) is 7.43. The molecule has 6 rings (SSSR count). The van der Waals surface area contributed by atoms with Crippen molar-refractivity contribution < 1.29 is 9.47 Å². The number of fused-ring (bicyclic) bond motifs is 3. The highest BCUT2D eigenvalue weighted by atomic mass is 35.5. The van der Waals surface area contributed by atoms with Gasteiger partial charge >= 0.3 is 0 Å². The van der Waals surface area contributed by atoms with E-state index >= 15 is 0 Å². The number of nitrogens with zero attached hydrogens (tertiary/aromatic N) is 3. The number of hydrogen-bond donors (Lipinski definition) is 1. The van der Waals surface area contributed by atoms with Crippen molar-refractivity contribution in [3.63, 3.8) is 0 Å². The number of hydrogen-bond acceptors (Lipinski definition) is 5. The van der Waals surface area contributed by atoms with Crippen LogP contribution < -0.4 is 14.8 Å². The summed E-state index contributed by atoms with van der Waals surface area (Å²) in [5.41, 5.74) is 5.14. The first-order valence-electron chi connectivity index (χ1n) is 10.3. The first-order valence-corrected chi connectivity index (χ1v) is 10.7. The number of ether oxygens (including phenoxy) is 2. The van der Waals surface area contributed by atoms with Gasteiger partial charge in [-0.3, -0.25) is 0 Å². The fraction of sp³-hybridized carbons (Fsp3) is 0.120. The Morgan fingerprint density at radius 3 is 2.50 bits per heavy atom. The standard InChI is InChI=1S/C25H19ClN4O2/c1-31-18-12-8-16(9-13-18)24-21-22(19-4-2-3-5-20(19)32-24)29-25-27-14-28-30(25)23(21)15-6-10-17(26)11-7-15/h2-14,23-24H,1H3,(H,27,28,29)/t23-,24-/m1/s1. The molecule has 0 fully saturated rings. The maximum atomic E-state index is 6.60. The minimum atomic E-state index is -0.323. The van der Waals surface area contributed by atoms with Crippen molar-refractivity contribution in [3.8, 4) is 11.5 Å². The molecule has 0 unspecified atom stereocenters. The van der Waals surface area contributed by atoms with Gasteiger partial charge in [0.2, 0.25) is 5.95 Å². The lowest BCUT2D eigenvalue weighted by atomic mass is 9.84. The molecule has 32 heavy (non-hydrogen) atoms. The Morgan fingerprint density at radius 1 is 0.969 bits per heavy atom. The summed E-state index contributed by atoms with van der Waals surface area (Å²) in [6.07, 6.45) is 1.25. The molecule has 0 saturated heterocycles. The van der Waals surface area contributed by atoms with Crippen molar-refractivity contribution in [2.24, 2.45) is 0 Å². The van der Waals surface area contributed by atoms with Crippen LogP contribution in [0.3, 0.4) is 0 Å². The number of halogens is 1.